The van der Waals surface area contributed by atoms with Crippen molar-refractivity contribution in [2.45, 2.75) is 39.5 Å². The SMILES string of the molecule is CC(C)C(=O)O.N#CCCCCC#N.O. The smallest absolute Gasteiger partial charge is 0.305 e. The molecule has 0 radical (unpaired) electrons. The van der Waals surface area contributed by atoms with Crippen molar-refractivity contribution >= 4 is 5.97 Å². The Morgan fingerprint density at radius 1 is 1.20 bits per heavy atom. The summed E-state index contributed by atoms with van der Waals surface area (Å²) in [6.45, 7) is 3.28. The summed E-state index contributed by atoms with van der Waals surface area (Å²) in [5, 5.41) is 24.1. The zero-order valence-electron chi connectivity index (χ0n) is 9.16. The van der Waals surface area contributed by atoms with E-state index in [0.29, 0.717) is 12.8 Å². The van der Waals surface area contributed by atoms with Crippen molar-refractivity contribution in [1.82, 2.24) is 0 Å². The van der Waals surface area contributed by atoms with Gasteiger partial charge in [0, 0.05) is 12.8 Å². The van der Waals surface area contributed by atoms with E-state index in [1.807, 2.05) is 12.1 Å². The molecule has 86 valence electrons. The number of carboxylic acids is 1. The third-order valence-electron chi connectivity index (χ3n) is 1.32. The summed E-state index contributed by atoms with van der Waals surface area (Å²) in [5.74, 6) is -0.972. The first-order valence-electron chi connectivity index (χ1n) is 4.53. The van der Waals surface area contributed by atoms with Crippen LogP contribution in [0.4, 0.5) is 0 Å². The van der Waals surface area contributed by atoms with Crippen molar-refractivity contribution in [3.63, 3.8) is 0 Å². The lowest BCUT2D eigenvalue weighted by atomic mass is 10.2. The molecule has 0 aromatic rings. The molecule has 0 rings (SSSR count). The highest BCUT2D eigenvalue weighted by molar-refractivity contribution is 5.68. The van der Waals surface area contributed by atoms with Crippen LogP contribution in [-0.2, 0) is 4.79 Å². The molecule has 0 aliphatic heterocycles. The van der Waals surface area contributed by atoms with Gasteiger partial charge in [0.25, 0.3) is 0 Å². The largest absolute Gasteiger partial charge is 0.481 e. The Labute approximate surface area is 90.3 Å². The van der Waals surface area contributed by atoms with Crippen molar-refractivity contribution < 1.29 is 15.4 Å². The Hall–Kier alpha value is -1.59. The molecule has 0 bridgehead atoms. The first-order chi connectivity index (χ1) is 6.56. The molecule has 0 aliphatic carbocycles. The second-order valence-corrected chi connectivity index (χ2v) is 3.02. The molecule has 0 amide bonds. The molecule has 0 fully saturated rings. The van der Waals surface area contributed by atoms with Crippen LogP contribution in [0.5, 0.6) is 0 Å². The summed E-state index contributed by atoms with van der Waals surface area (Å²) in [5.41, 5.74) is 0. The molecule has 5 nitrogen and oxygen atoms in total. The lowest BCUT2D eigenvalue weighted by Crippen LogP contribution is -2.03. The van der Waals surface area contributed by atoms with Gasteiger partial charge in [0.05, 0.1) is 18.1 Å². The van der Waals surface area contributed by atoms with Gasteiger partial charge in [0.1, 0.15) is 0 Å². The van der Waals surface area contributed by atoms with E-state index in [2.05, 4.69) is 0 Å². The van der Waals surface area contributed by atoms with Gasteiger partial charge in [-0.15, -0.1) is 0 Å². The zero-order valence-corrected chi connectivity index (χ0v) is 9.16. The minimum atomic E-state index is -0.741. The molecule has 0 unspecified atom stereocenters. The molecule has 5 heteroatoms. The molecule has 3 N–H and O–H groups in total. The summed E-state index contributed by atoms with van der Waals surface area (Å²) >= 11 is 0. The maximum Gasteiger partial charge on any atom is 0.305 e. The van der Waals surface area contributed by atoms with Crippen LogP contribution in [0.25, 0.3) is 0 Å². The van der Waals surface area contributed by atoms with Crippen LogP contribution in [0.1, 0.15) is 39.5 Å². The van der Waals surface area contributed by atoms with Crippen LogP contribution in [-0.4, -0.2) is 16.6 Å². The average molecular weight is 214 g/mol. The number of hydrogen-bond acceptors (Lipinski definition) is 3. The highest BCUT2D eigenvalue weighted by Crippen LogP contribution is 1.95. The predicted molar refractivity (Wildman–Crippen MR) is 55.8 cm³/mol. The molecule has 0 heterocycles. The fourth-order valence-electron chi connectivity index (χ4n) is 0.408. The van der Waals surface area contributed by atoms with Crippen LogP contribution in [0.15, 0.2) is 0 Å². The number of carboxylic acid groups (broad SMARTS) is 1. The molecule has 0 atom stereocenters. The third-order valence-corrected chi connectivity index (χ3v) is 1.32. The second-order valence-electron chi connectivity index (χ2n) is 3.02. The highest BCUT2D eigenvalue weighted by atomic mass is 16.4. The molecule has 0 saturated heterocycles. The summed E-state index contributed by atoms with van der Waals surface area (Å²) in [6.07, 6.45) is 2.90. The van der Waals surface area contributed by atoms with Gasteiger partial charge in [-0.2, -0.15) is 10.5 Å². The molecule has 0 saturated carbocycles. The van der Waals surface area contributed by atoms with Crippen molar-refractivity contribution in [3.05, 3.63) is 0 Å². The molecular formula is C10H18N2O3. The molecule has 0 aliphatic rings. The van der Waals surface area contributed by atoms with Crippen LogP contribution in [0, 0.1) is 28.6 Å². The van der Waals surface area contributed by atoms with Gasteiger partial charge < -0.3 is 10.6 Å². The van der Waals surface area contributed by atoms with Gasteiger partial charge in [0.15, 0.2) is 0 Å². The number of unbranched alkanes of at least 4 members (excludes halogenated alkanes) is 3. The van der Waals surface area contributed by atoms with E-state index in [1.54, 1.807) is 13.8 Å². The number of nitrogens with zero attached hydrogens (tertiary/aromatic N) is 2. The van der Waals surface area contributed by atoms with E-state index in [4.69, 9.17) is 15.6 Å². The monoisotopic (exact) mass is 214 g/mol. The summed E-state index contributed by atoms with van der Waals surface area (Å²) in [4.78, 5) is 9.70. The minimum Gasteiger partial charge on any atom is -0.481 e. The standard InChI is InChI=1S/C6H8N2.C4H8O2.H2O/c7-5-3-1-2-4-6-8;1-3(2)4(5)6;/h1-4H2;3H,1-2H3,(H,5,6);1H2. The van der Waals surface area contributed by atoms with Gasteiger partial charge in [0.2, 0.25) is 0 Å². The summed E-state index contributed by atoms with van der Waals surface area (Å²) < 4.78 is 0. The van der Waals surface area contributed by atoms with E-state index in [0.717, 1.165) is 12.8 Å². The van der Waals surface area contributed by atoms with E-state index >= 15 is 0 Å². The first kappa shape index (κ1) is 19.1. The molecule has 0 aromatic heterocycles. The van der Waals surface area contributed by atoms with Gasteiger partial charge in [-0.05, 0) is 12.8 Å². The zero-order chi connectivity index (χ0) is 11.4. The van der Waals surface area contributed by atoms with Crippen LogP contribution < -0.4 is 0 Å². The molecule has 0 aromatic carbocycles. The number of carbonyl (C=O) groups is 1. The Balaban J connectivity index is -0.000000187. The van der Waals surface area contributed by atoms with Gasteiger partial charge in [-0.3, -0.25) is 4.79 Å². The van der Waals surface area contributed by atoms with E-state index in [9.17, 15) is 4.79 Å². The number of nitriles is 2. The van der Waals surface area contributed by atoms with Crippen molar-refractivity contribution in [1.29, 1.82) is 10.5 Å². The maximum absolute atomic E-state index is 9.70. The van der Waals surface area contributed by atoms with Gasteiger partial charge in [-0.1, -0.05) is 13.8 Å². The summed E-state index contributed by atoms with van der Waals surface area (Å²) in [6, 6.07) is 4.03. The fraction of sp³-hybridized carbons (Fsp3) is 0.700. The van der Waals surface area contributed by atoms with Crippen molar-refractivity contribution in [2.24, 2.45) is 5.92 Å². The molecule has 15 heavy (non-hydrogen) atoms. The quantitative estimate of drug-likeness (QED) is 0.713. The Kier molecular flexibility index (Phi) is 18.9. The minimum absolute atomic E-state index is 0. The van der Waals surface area contributed by atoms with E-state index in [-0.39, 0.29) is 11.4 Å². The molecular weight excluding hydrogens is 196 g/mol. The third kappa shape index (κ3) is 24.5. The van der Waals surface area contributed by atoms with Crippen LogP contribution in [0.3, 0.4) is 0 Å². The fourth-order valence-corrected chi connectivity index (χ4v) is 0.408. The topological polar surface area (TPSA) is 116 Å². The number of rotatable bonds is 4. The second kappa shape index (κ2) is 14.9. The number of aliphatic carboxylic acids is 1. The van der Waals surface area contributed by atoms with Crippen LogP contribution in [0.2, 0.25) is 0 Å². The Morgan fingerprint density at radius 3 is 1.60 bits per heavy atom. The Morgan fingerprint density at radius 2 is 1.47 bits per heavy atom. The highest BCUT2D eigenvalue weighted by Gasteiger charge is 1.99. The molecule has 0 spiro atoms. The van der Waals surface area contributed by atoms with E-state index < -0.39 is 5.97 Å². The maximum atomic E-state index is 9.70. The van der Waals surface area contributed by atoms with Crippen LogP contribution >= 0.6 is 0 Å². The normalized spacial score (nSPS) is 7.53. The van der Waals surface area contributed by atoms with Crippen molar-refractivity contribution in [2.75, 3.05) is 0 Å². The lowest BCUT2D eigenvalue weighted by Gasteiger charge is -1.89. The van der Waals surface area contributed by atoms with Crippen molar-refractivity contribution in [3.8, 4) is 12.1 Å². The number of hydrogen-bond donors (Lipinski definition) is 1. The van der Waals surface area contributed by atoms with Gasteiger partial charge >= 0.3 is 5.97 Å². The summed E-state index contributed by atoms with van der Waals surface area (Å²) in [7, 11) is 0. The first-order valence-corrected chi connectivity index (χ1v) is 4.53. The van der Waals surface area contributed by atoms with E-state index in [1.165, 1.54) is 0 Å². The predicted octanol–water partition coefficient (Wildman–Crippen LogP) is 1.50. The van der Waals surface area contributed by atoms with Gasteiger partial charge in [-0.25, -0.2) is 0 Å². The lowest BCUT2D eigenvalue weighted by molar-refractivity contribution is -0.140. The average Bonchev–Trinajstić information content (AvgIpc) is 2.13. The Bertz CT molecular complexity index is 210.